The Morgan fingerprint density at radius 3 is 2.18 bits per heavy atom. The lowest BCUT2D eigenvalue weighted by atomic mass is 10.2. The molecule has 0 aliphatic carbocycles. The monoisotopic (exact) mass is 408 g/mol. The van der Waals surface area contributed by atoms with Crippen LogP contribution in [0.1, 0.15) is 13.8 Å². The largest absolute Gasteiger partial charge is 0.494 e. The normalized spacial score (nSPS) is 15.5. The molecule has 3 rings (SSSR count). The highest BCUT2D eigenvalue weighted by Gasteiger charge is 2.31. The van der Waals surface area contributed by atoms with Gasteiger partial charge in [0, 0.05) is 37.9 Å². The number of rotatable bonds is 7. The van der Waals surface area contributed by atoms with Crippen LogP contribution in [0.5, 0.6) is 11.5 Å². The molecule has 1 saturated heterocycles. The number of halogens is 1. The fourth-order valence-electron chi connectivity index (χ4n) is 3.20. The fraction of sp³-hybridized carbons (Fsp3) is 0.400. The molecule has 0 N–H and O–H groups in total. The number of benzene rings is 2. The molecule has 0 spiro atoms. The van der Waals surface area contributed by atoms with E-state index in [-0.39, 0.29) is 10.7 Å². The lowest BCUT2D eigenvalue weighted by Crippen LogP contribution is -2.48. The van der Waals surface area contributed by atoms with Crippen LogP contribution in [0.25, 0.3) is 0 Å². The molecule has 8 heteroatoms. The molecule has 1 heterocycles. The van der Waals surface area contributed by atoms with Crippen LogP contribution in [0.3, 0.4) is 0 Å². The minimum Gasteiger partial charge on any atom is -0.494 e. The molecule has 0 aromatic heterocycles. The Labute approximate surface area is 165 Å². The molecule has 1 aliphatic heterocycles. The Morgan fingerprint density at radius 1 is 0.929 bits per heavy atom. The maximum atomic E-state index is 13.2. The van der Waals surface area contributed by atoms with Gasteiger partial charge < -0.3 is 14.4 Å². The summed E-state index contributed by atoms with van der Waals surface area (Å²) in [4.78, 5) is 2.17. The van der Waals surface area contributed by atoms with Crippen molar-refractivity contribution in [1.29, 1.82) is 0 Å². The molecular weight excluding hydrogens is 383 g/mol. The molecule has 1 aliphatic rings. The van der Waals surface area contributed by atoms with Gasteiger partial charge in [0.1, 0.15) is 22.2 Å². The molecule has 152 valence electrons. The van der Waals surface area contributed by atoms with Crippen LogP contribution in [0.4, 0.5) is 10.1 Å². The van der Waals surface area contributed by atoms with E-state index < -0.39 is 10.0 Å². The van der Waals surface area contributed by atoms with E-state index in [0.717, 1.165) is 5.69 Å². The van der Waals surface area contributed by atoms with Crippen molar-refractivity contribution in [2.24, 2.45) is 0 Å². The lowest BCUT2D eigenvalue weighted by Gasteiger charge is -2.35. The van der Waals surface area contributed by atoms with Gasteiger partial charge in [-0.2, -0.15) is 4.31 Å². The van der Waals surface area contributed by atoms with Gasteiger partial charge in [-0.05, 0) is 50.2 Å². The van der Waals surface area contributed by atoms with Gasteiger partial charge in [0.05, 0.1) is 13.2 Å². The van der Waals surface area contributed by atoms with Crippen molar-refractivity contribution in [3.05, 3.63) is 48.3 Å². The van der Waals surface area contributed by atoms with Crippen LogP contribution in [0.2, 0.25) is 0 Å². The smallest absolute Gasteiger partial charge is 0.247 e. The van der Waals surface area contributed by atoms with Crippen molar-refractivity contribution in [2.45, 2.75) is 18.7 Å². The van der Waals surface area contributed by atoms with Crippen LogP contribution >= 0.6 is 0 Å². The average molecular weight is 408 g/mol. The Kier molecular flexibility index (Phi) is 6.41. The quantitative estimate of drug-likeness (QED) is 0.705. The molecular formula is C20H25FN2O4S. The predicted molar refractivity (Wildman–Crippen MR) is 106 cm³/mol. The summed E-state index contributed by atoms with van der Waals surface area (Å²) in [5, 5.41) is 0. The number of nitrogens with zero attached hydrogens (tertiary/aromatic N) is 2. The van der Waals surface area contributed by atoms with Crippen molar-refractivity contribution >= 4 is 15.7 Å². The van der Waals surface area contributed by atoms with E-state index in [4.69, 9.17) is 9.47 Å². The maximum Gasteiger partial charge on any atom is 0.247 e. The summed E-state index contributed by atoms with van der Waals surface area (Å²) in [7, 11) is -3.73. The minimum atomic E-state index is -3.73. The first-order valence-electron chi connectivity index (χ1n) is 9.36. The summed E-state index contributed by atoms with van der Waals surface area (Å²) in [6.07, 6.45) is 0. The second-order valence-corrected chi connectivity index (χ2v) is 8.25. The number of sulfonamides is 1. The van der Waals surface area contributed by atoms with Crippen LogP contribution < -0.4 is 14.4 Å². The maximum absolute atomic E-state index is 13.2. The van der Waals surface area contributed by atoms with Crippen LogP contribution in [-0.4, -0.2) is 52.1 Å². The molecule has 0 bridgehead atoms. The summed E-state index contributed by atoms with van der Waals surface area (Å²) < 4.78 is 52.1. The van der Waals surface area contributed by atoms with Crippen molar-refractivity contribution < 1.29 is 22.3 Å². The number of anilines is 1. The molecule has 0 amide bonds. The highest BCUT2D eigenvalue weighted by Crippen LogP contribution is 2.32. The van der Waals surface area contributed by atoms with Crippen molar-refractivity contribution in [3.63, 3.8) is 0 Å². The van der Waals surface area contributed by atoms with E-state index in [1.165, 1.54) is 22.5 Å². The van der Waals surface area contributed by atoms with E-state index in [1.54, 1.807) is 24.3 Å². The van der Waals surface area contributed by atoms with Gasteiger partial charge >= 0.3 is 0 Å². The molecule has 0 saturated carbocycles. The van der Waals surface area contributed by atoms with Crippen molar-refractivity contribution in [1.82, 2.24) is 4.31 Å². The van der Waals surface area contributed by atoms with Gasteiger partial charge in [0.25, 0.3) is 0 Å². The summed E-state index contributed by atoms with van der Waals surface area (Å²) in [6.45, 7) is 6.21. The van der Waals surface area contributed by atoms with Crippen molar-refractivity contribution in [2.75, 3.05) is 44.3 Å². The third kappa shape index (κ3) is 4.39. The molecule has 0 radical (unpaired) electrons. The Balaban J connectivity index is 1.80. The SMILES string of the molecule is CCOc1ccc(OCC)c(S(=O)(=O)N2CCN(c3ccc(F)cc3)CC2)c1. The molecule has 28 heavy (non-hydrogen) atoms. The Bertz CT molecular complexity index is 895. The van der Waals surface area contributed by atoms with E-state index in [1.807, 2.05) is 18.7 Å². The molecule has 2 aromatic carbocycles. The van der Waals surface area contributed by atoms with E-state index in [0.29, 0.717) is 50.9 Å². The average Bonchev–Trinajstić information content (AvgIpc) is 2.70. The Morgan fingerprint density at radius 2 is 1.57 bits per heavy atom. The van der Waals surface area contributed by atoms with Gasteiger partial charge in [-0.3, -0.25) is 0 Å². The van der Waals surface area contributed by atoms with Gasteiger partial charge in [0.2, 0.25) is 10.0 Å². The predicted octanol–water partition coefficient (Wildman–Crippen LogP) is 3.13. The first-order valence-corrected chi connectivity index (χ1v) is 10.8. The zero-order chi connectivity index (χ0) is 20.1. The number of ether oxygens (including phenoxy) is 2. The standard InChI is InChI=1S/C20H25FN2O4S/c1-3-26-18-9-10-19(27-4-2)20(15-18)28(24,25)23-13-11-22(12-14-23)17-7-5-16(21)6-8-17/h5-10,15H,3-4,11-14H2,1-2H3. The summed E-state index contributed by atoms with van der Waals surface area (Å²) in [5.74, 6) is 0.531. The zero-order valence-electron chi connectivity index (χ0n) is 16.1. The number of piperazine rings is 1. The molecule has 2 aromatic rings. The minimum absolute atomic E-state index is 0.121. The summed E-state index contributed by atoms with van der Waals surface area (Å²) in [6, 6.07) is 11.1. The third-order valence-corrected chi connectivity index (χ3v) is 6.49. The topological polar surface area (TPSA) is 59.1 Å². The highest BCUT2D eigenvalue weighted by molar-refractivity contribution is 7.89. The van der Waals surface area contributed by atoms with Gasteiger partial charge in [-0.25, -0.2) is 12.8 Å². The van der Waals surface area contributed by atoms with E-state index in [2.05, 4.69) is 0 Å². The van der Waals surface area contributed by atoms with Crippen LogP contribution in [0, 0.1) is 5.82 Å². The fourth-order valence-corrected chi connectivity index (χ4v) is 4.77. The van der Waals surface area contributed by atoms with Gasteiger partial charge in [0.15, 0.2) is 0 Å². The Hall–Kier alpha value is -2.32. The number of hydrogen-bond donors (Lipinski definition) is 0. The molecule has 0 unspecified atom stereocenters. The zero-order valence-corrected chi connectivity index (χ0v) is 16.9. The van der Waals surface area contributed by atoms with E-state index >= 15 is 0 Å². The first kappa shape index (κ1) is 20.4. The van der Waals surface area contributed by atoms with E-state index in [9.17, 15) is 12.8 Å². The third-order valence-electron chi connectivity index (χ3n) is 4.57. The highest BCUT2D eigenvalue weighted by atomic mass is 32.2. The number of hydrogen-bond acceptors (Lipinski definition) is 5. The van der Waals surface area contributed by atoms with Gasteiger partial charge in [-0.1, -0.05) is 0 Å². The molecule has 0 atom stereocenters. The second kappa shape index (κ2) is 8.79. The molecule has 1 fully saturated rings. The van der Waals surface area contributed by atoms with Crippen LogP contribution in [-0.2, 0) is 10.0 Å². The first-order chi connectivity index (χ1) is 13.5. The summed E-state index contributed by atoms with van der Waals surface area (Å²) in [5.41, 5.74) is 0.881. The summed E-state index contributed by atoms with van der Waals surface area (Å²) >= 11 is 0. The lowest BCUT2D eigenvalue weighted by molar-refractivity contribution is 0.319. The molecule has 6 nitrogen and oxygen atoms in total. The van der Waals surface area contributed by atoms with Crippen molar-refractivity contribution in [3.8, 4) is 11.5 Å². The van der Waals surface area contributed by atoms with Crippen LogP contribution in [0.15, 0.2) is 47.4 Å². The van der Waals surface area contributed by atoms with Gasteiger partial charge in [-0.15, -0.1) is 0 Å². The second-order valence-electron chi connectivity index (χ2n) is 6.34.